The standard InChI is InChI=1S/C13H14O3S/c1-2-7-17-8-11-12(13(14)15)9-5-3-4-6-10(9)16-11/h3-6H,2,7-8H2,1H3,(H,14,15). The second-order valence-electron chi connectivity index (χ2n) is 3.75. The number of hydrogen-bond acceptors (Lipinski definition) is 3. The summed E-state index contributed by atoms with van der Waals surface area (Å²) in [6.07, 6.45) is 1.08. The molecule has 1 N–H and O–H groups in total. The summed E-state index contributed by atoms with van der Waals surface area (Å²) < 4.78 is 5.61. The maximum atomic E-state index is 11.3. The number of thioether (sulfide) groups is 1. The Labute approximate surface area is 104 Å². The molecule has 0 fully saturated rings. The van der Waals surface area contributed by atoms with E-state index in [-0.39, 0.29) is 0 Å². The lowest BCUT2D eigenvalue weighted by atomic mass is 10.1. The lowest BCUT2D eigenvalue weighted by Gasteiger charge is -1.98. The van der Waals surface area contributed by atoms with Crippen LogP contribution in [0.5, 0.6) is 0 Å². The number of para-hydroxylation sites is 1. The van der Waals surface area contributed by atoms with E-state index < -0.39 is 5.97 Å². The quantitative estimate of drug-likeness (QED) is 0.820. The van der Waals surface area contributed by atoms with Gasteiger partial charge < -0.3 is 9.52 Å². The molecular weight excluding hydrogens is 236 g/mol. The number of aromatic carboxylic acids is 1. The van der Waals surface area contributed by atoms with Gasteiger partial charge in [-0.1, -0.05) is 25.1 Å². The molecular formula is C13H14O3S. The third-order valence-corrected chi connectivity index (χ3v) is 3.63. The molecule has 0 atom stereocenters. The zero-order valence-corrected chi connectivity index (χ0v) is 10.4. The number of carboxylic acids is 1. The van der Waals surface area contributed by atoms with Crippen molar-refractivity contribution in [1.82, 2.24) is 0 Å². The average molecular weight is 250 g/mol. The minimum Gasteiger partial charge on any atom is -0.478 e. The monoisotopic (exact) mass is 250 g/mol. The first-order valence-electron chi connectivity index (χ1n) is 5.55. The Morgan fingerprint density at radius 2 is 2.18 bits per heavy atom. The van der Waals surface area contributed by atoms with Crippen molar-refractivity contribution < 1.29 is 14.3 Å². The molecule has 0 unspecified atom stereocenters. The summed E-state index contributed by atoms with van der Waals surface area (Å²) in [7, 11) is 0. The molecule has 3 nitrogen and oxygen atoms in total. The highest BCUT2D eigenvalue weighted by Crippen LogP contribution is 2.28. The van der Waals surface area contributed by atoms with Crippen molar-refractivity contribution in [2.45, 2.75) is 19.1 Å². The van der Waals surface area contributed by atoms with E-state index in [4.69, 9.17) is 4.42 Å². The summed E-state index contributed by atoms with van der Waals surface area (Å²) in [5.74, 6) is 1.28. The van der Waals surface area contributed by atoms with E-state index in [1.807, 2.05) is 12.1 Å². The lowest BCUT2D eigenvalue weighted by molar-refractivity contribution is 0.0697. The van der Waals surface area contributed by atoms with E-state index >= 15 is 0 Å². The molecule has 0 saturated carbocycles. The number of fused-ring (bicyclic) bond motifs is 1. The number of carboxylic acid groups (broad SMARTS) is 1. The molecule has 0 spiro atoms. The Balaban J connectivity index is 2.39. The maximum Gasteiger partial charge on any atom is 0.339 e. The van der Waals surface area contributed by atoms with Gasteiger partial charge in [-0.05, 0) is 18.2 Å². The van der Waals surface area contributed by atoms with Crippen LogP contribution in [-0.2, 0) is 5.75 Å². The summed E-state index contributed by atoms with van der Waals surface area (Å²) in [6, 6.07) is 7.26. The Bertz CT molecular complexity index is 530. The van der Waals surface area contributed by atoms with Crippen molar-refractivity contribution in [3.05, 3.63) is 35.6 Å². The van der Waals surface area contributed by atoms with Crippen molar-refractivity contribution in [3.63, 3.8) is 0 Å². The lowest BCUT2D eigenvalue weighted by Crippen LogP contribution is -1.98. The fourth-order valence-corrected chi connectivity index (χ4v) is 2.56. The maximum absolute atomic E-state index is 11.3. The average Bonchev–Trinajstić information content (AvgIpc) is 2.67. The summed E-state index contributed by atoms with van der Waals surface area (Å²) in [4.78, 5) is 11.3. The third kappa shape index (κ3) is 2.47. The highest BCUT2D eigenvalue weighted by Gasteiger charge is 2.19. The molecule has 1 aromatic carbocycles. The van der Waals surface area contributed by atoms with Gasteiger partial charge in [0.15, 0.2) is 0 Å². The fraction of sp³-hybridized carbons (Fsp3) is 0.308. The molecule has 1 aromatic heterocycles. The Kier molecular flexibility index (Phi) is 3.74. The fourth-order valence-electron chi connectivity index (χ4n) is 1.74. The van der Waals surface area contributed by atoms with Gasteiger partial charge in [0.1, 0.15) is 16.9 Å². The first-order chi connectivity index (χ1) is 8.24. The molecule has 90 valence electrons. The van der Waals surface area contributed by atoms with Gasteiger partial charge in [0.25, 0.3) is 0 Å². The van der Waals surface area contributed by atoms with Crippen molar-refractivity contribution in [2.24, 2.45) is 0 Å². The third-order valence-electron chi connectivity index (χ3n) is 2.46. The van der Waals surface area contributed by atoms with Crippen LogP contribution in [0, 0.1) is 0 Å². The minimum absolute atomic E-state index is 0.309. The SMILES string of the molecule is CCCSCc1oc2ccccc2c1C(=O)O. The van der Waals surface area contributed by atoms with Crippen molar-refractivity contribution in [2.75, 3.05) is 5.75 Å². The van der Waals surface area contributed by atoms with Gasteiger partial charge in [0, 0.05) is 5.39 Å². The molecule has 0 aliphatic heterocycles. The molecule has 0 aliphatic rings. The van der Waals surface area contributed by atoms with Gasteiger partial charge in [0.05, 0.1) is 5.75 Å². The van der Waals surface area contributed by atoms with Crippen LogP contribution in [0.2, 0.25) is 0 Å². The number of benzene rings is 1. The van der Waals surface area contributed by atoms with Gasteiger partial charge in [-0.15, -0.1) is 0 Å². The van der Waals surface area contributed by atoms with Gasteiger partial charge >= 0.3 is 5.97 Å². The summed E-state index contributed by atoms with van der Waals surface area (Å²) >= 11 is 1.70. The molecule has 1 heterocycles. The molecule has 0 aliphatic carbocycles. The largest absolute Gasteiger partial charge is 0.478 e. The first kappa shape index (κ1) is 12.0. The molecule has 0 radical (unpaired) electrons. The molecule has 17 heavy (non-hydrogen) atoms. The zero-order chi connectivity index (χ0) is 12.3. The van der Waals surface area contributed by atoms with Crippen LogP contribution < -0.4 is 0 Å². The van der Waals surface area contributed by atoms with Crippen LogP contribution in [0.4, 0.5) is 0 Å². The number of rotatable bonds is 5. The van der Waals surface area contributed by atoms with E-state index in [2.05, 4.69) is 6.92 Å². The van der Waals surface area contributed by atoms with Gasteiger partial charge in [0.2, 0.25) is 0 Å². The van der Waals surface area contributed by atoms with Crippen LogP contribution >= 0.6 is 11.8 Å². The summed E-state index contributed by atoms with van der Waals surface area (Å²) in [5.41, 5.74) is 0.959. The van der Waals surface area contributed by atoms with Crippen LogP contribution in [0.1, 0.15) is 29.5 Å². The van der Waals surface area contributed by atoms with E-state index in [0.29, 0.717) is 28.0 Å². The smallest absolute Gasteiger partial charge is 0.339 e. The van der Waals surface area contributed by atoms with Gasteiger partial charge in [-0.3, -0.25) is 0 Å². The minimum atomic E-state index is -0.915. The highest BCUT2D eigenvalue weighted by molar-refractivity contribution is 7.98. The molecule has 0 saturated heterocycles. The number of furan rings is 1. The number of hydrogen-bond donors (Lipinski definition) is 1. The van der Waals surface area contributed by atoms with E-state index in [0.717, 1.165) is 12.2 Å². The van der Waals surface area contributed by atoms with Crippen LogP contribution in [0.15, 0.2) is 28.7 Å². The summed E-state index contributed by atoms with van der Waals surface area (Å²) in [5, 5.41) is 9.93. The second-order valence-corrected chi connectivity index (χ2v) is 4.86. The molecule has 2 aromatic rings. The van der Waals surface area contributed by atoms with Crippen LogP contribution in [0.25, 0.3) is 11.0 Å². The molecule has 2 rings (SSSR count). The van der Waals surface area contributed by atoms with E-state index in [1.54, 1.807) is 23.9 Å². The topological polar surface area (TPSA) is 50.4 Å². The highest BCUT2D eigenvalue weighted by atomic mass is 32.2. The molecule has 4 heteroatoms. The zero-order valence-electron chi connectivity index (χ0n) is 9.60. The predicted octanol–water partition coefficient (Wildman–Crippen LogP) is 3.77. The molecule has 0 bridgehead atoms. The summed E-state index contributed by atoms with van der Waals surface area (Å²) in [6.45, 7) is 2.10. The van der Waals surface area contributed by atoms with E-state index in [1.165, 1.54) is 0 Å². The predicted molar refractivity (Wildman–Crippen MR) is 69.6 cm³/mol. The Morgan fingerprint density at radius 1 is 1.41 bits per heavy atom. The van der Waals surface area contributed by atoms with Crippen molar-refractivity contribution in [1.29, 1.82) is 0 Å². The molecule has 0 amide bonds. The Morgan fingerprint density at radius 3 is 2.88 bits per heavy atom. The normalized spacial score (nSPS) is 10.9. The number of carbonyl (C=O) groups is 1. The van der Waals surface area contributed by atoms with Crippen LogP contribution in [-0.4, -0.2) is 16.8 Å². The Hall–Kier alpha value is -1.42. The van der Waals surface area contributed by atoms with Gasteiger partial charge in [-0.25, -0.2) is 4.79 Å². The second kappa shape index (κ2) is 5.27. The van der Waals surface area contributed by atoms with E-state index in [9.17, 15) is 9.90 Å². The van der Waals surface area contributed by atoms with Crippen LogP contribution in [0.3, 0.4) is 0 Å². The van der Waals surface area contributed by atoms with Crippen molar-refractivity contribution in [3.8, 4) is 0 Å². The van der Waals surface area contributed by atoms with Gasteiger partial charge in [-0.2, -0.15) is 11.8 Å². The van der Waals surface area contributed by atoms with Crippen molar-refractivity contribution >= 4 is 28.7 Å². The first-order valence-corrected chi connectivity index (χ1v) is 6.71.